The van der Waals surface area contributed by atoms with E-state index in [4.69, 9.17) is 6.42 Å². The van der Waals surface area contributed by atoms with Crippen LogP contribution in [0.5, 0.6) is 0 Å². The van der Waals surface area contributed by atoms with Gasteiger partial charge in [0, 0.05) is 6.54 Å². The lowest BCUT2D eigenvalue weighted by atomic mass is 10.0. The normalized spacial score (nSPS) is 10.2. The maximum Gasteiger partial charge on any atom is 0.0599 e. The maximum atomic E-state index is 5.27. The summed E-state index contributed by atoms with van der Waals surface area (Å²) >= 11 is 0. The van der Waals surface area contributed by atoms with Crippen LogP contribution in [0.25, 0.3) is 5.57 Å². The van der Waals surface area contributed by atoms with Crippen molar-refractivity contribution in [3.8, 4) is 12.3 Å². The minimum atomic E-state index is 0.657. The largest absolute Gasteiger partial charge is 0.291 e. The van der Waals surface area contributed by atoms with E-state index < -0.39 is 0 Å². The molecule has 1 heteroatoms. The van der Waals surface area contributed by atoms with Crippen LogP contribution >= 0.6 is 0 Å². The molecule has 1 rings (SSSR count). The zero-order chi connectivity index (χ0) is 12.1. The second-order valence-corrected chi connectivity index (χ2v) is 4.28. The first-order valence-electron chi connectivity index (χ1n) is 5.42. The number of aryl methyl sites for hydroxylation is 2. The number of terminal acetylenes is 1. The first kappa shape index (κ1) is 12.5. The van der Waals surface area contributed by atoms with Crippen LogP contribution in [-0.4, -0.2) is 25.0 Å². The minimum absolute atomic E-state index is 0.657. The predicted octanol–water partition coefficient (Wildman–Crippen LogP) is 2.88. The average Bonchev–Trinajstić information content (AvgIpc) is 2.22. The molecular weight excluding hydrogens is 194 g/mol. The molecule has 84 valence electrons. The van der Waals surface area contributed by atoms with Crippen LogP contribution in [0, 0.1) is 26.2 Å². The lowest BCUT2D eigenvalue weighted by Crippen LogP contribution is -2.20. The summed E-state index contributed by atoms with van der Waals surface area (Å²) in [4.78, 5) is 2.08. The number of rotatable bonds is 4. The second-order valence-electron chi connectivity index (χ2n) is 4.28. The van der Waals surface area contributed by atoms with Crippen molar-refractivity contribution in [3.05, 3.63) is 41.5 Å². The summed E-state index contributed by atoms with van der Waals surface area (Å²) in [6, 6.07) is 6.44. The first-order chi connectivity index (χ1) is 7.54. The quantitative estimate of drug-likeness (QED) is 0.695. The van der Waals surface area contributed by atoms with E-state index in [-0.39, 0.29) is 0 Å². The third-order valence-corrected chi connectivity index (χ3v) is 2.74. The van der Waals surface area contributed by atoms with Crippen LogP contribution in [0.1, 0.15) is 16.7 Å². The Morgan fingerprint density at radius 3 is 2.62 bits per heavy atom. The van der Waals surface area contributed by atoms with E-state index in [9.17, 15) is 0 Å². The van der Waals surface area contributed by atoms with Gasteiger partial charge in [-0.15, -0.1) is 6.42 Å². The Balaban J connectivity index is 2.74. The minimum Gasteiger partial charge on any atom is -0.291 e. The van der Waals surface area contributed by atoms with Crippen molar-refractivity contribution >= 4 is 5.57 Å². The van der Waals surface area contributed by atoms with Gasteiger partial charge in [0.05, 0.1) is 6.54 Å². The van der Waals surface area contributed by atoms with E-state index in [2.05, 4.69) is 49.4 Å². The predicted molar refractivity (Wildman–Crippen MR) is 71.3 cm³/mol. The first-order valence-corrected chi connectivity index (χ1v) is 5.42. The third kappa shape index (κ3) is 3.25. The monoisotopic (exact) mass is 213 g/mol. The standard InChI is InChI=1S/C15H19N/c1-6-9-16(5)11-14(4)15-8-7-12(2)13(3)10-15/h1,7-8,10H,4,9,11H2,2-3,5H3. The van der Waals surface area contributed by atoms with E-state index in [1.807, 2.05) is 7.05 Å². The molecule has 0 unspecified atom stereocenters. The van der Waals surface area contributed by atoms with Gasteiger partial charge in [0.25, 0.3) is 0 Å². The van der Waals surface area contributed by atoms with Crippen LogP contribution in [0.3, 0.4) is 0 Å². The van der Waals surface area contributed by atoms with E-state index in [1.54, 1.807) is 0 Å². The van der Waals surface area contributed by atoms with Crippen LogP contribution < -0.4 is 0 Å². The fourth-order valence-corrected chi connectivity index (χ4v) is 1.59. The van der Waals surface area contributed by atoms with Gasteiger partial charge in [0.15, 0.2) is 0 Å². The van der Waals surface area contributed by atoms with E-state index in [0.717, 1.165) is 12.1 Å². The van der Waals surface area contributed by atoms with Gasteiger partial charge < -0.3 is 0 Å². The SMILES string of the molecule is C#CCN(C)CC(=C)c1ccc(C)c(C)c1. The Morgan fingerprint density at radius 1 is 1.38 bits per heavy atom. The molecule has 0 amide bonds. The van der Waals surface area contributed by atoms with Crippen LogP contribution in [0.4, 0.5) is 0 Å². The third-order valence-electron chi connectivity index (χ3n) is 2.74. The summed E-state index contributed by atoms with van der Waals surface area (Å²) in [6.07, 6.45) is 5.27. The molecule has 1 aromatic carbocycles. The molecule has 0 saturated heterocycles. The fourth-order valence-electron chi connectivity index (χ4n) is 1.59. The molecule has 0 saturated carbocycles. The Bertz CT molecular complexity index is 424. The summed E-state index contributed by atoms with van der Waals surface area (Å²) in [5, 5.41) is 0. The number of hydrogen-bond donors (Lipinski definition) is 0. The van der Waals surface area contributed by atoms with Crippen molar-refractivity contribution in [2.45, 2.75) is 13.8 Å². The number of benzene rings is 1. The highest BCUT2D eigenvalue weighted by Crippen LogP contribution is 2.17. The molecule has 0 atom stereocenters. The van der Waals surface area contributed by atoms with Crippen molar-refractivity contribution in [2.24, 2.45) is 0 Å². The highest BCUT2D eigenvalue weighted by Gasteiger charge is 2.03. The lowest BCUT2D eigenvalue weighted by molar-refractivity contribution is 0.425. The summed E-state index contributed by atoms with van der Waals surface area (Å²) in [6.45, 7) is 9.82. The fraction of sp³-hybridized carbons (Fsp3) is 0.333. The van der Waals surface area contributed by atoms with Gasteiger partial charge in [-0.05, 0) is 43.2 Å². The molecule has 1 nitrogen and oxygen atoms in total. The lowest BCUT2D eigenvalue weighted by Gasteiger charge is -2.16. The van der Waals surface area contributed by atoms with Crippen molar-refractivity contribution in [3.63, 3.8) is 0 Å². The zero-order valence-electron chi connectivity index (χ0n) is 10.4. The van der Waals surface area contributed by atoms with Gasteiger partial charge in [-0.3, -0.25) is 4.90 Å². The highest BCUT2D eigenvalue weighted by molar-refractivity contribution is 5.65. The van der Waals surface area contributed by atoms with Gasteiger partial charge >= 0.3 is 0 Å². The average molecular weight is 213 g/mol. The van der Waals surface area contributed by atoms with Crippen LogP contribution in [-0.2, 0) is 0 Å². The van der Waals surface area contributed by atoms with E-state index >= 15 is 0 Å². The maximum absolute atomic E-state index is 5.27. The molecule has 0 aliphatic heterocycles. The molecule has 0 spiro atoms. The molecule has 0 radical (unpaired) electrons. The van der Waals surface area contributed by atoms with Crippen molar-refractivity contribution in [2.75, 3.05) is 20.1 Å². The molecular formula is C15H19N. The molecule has 0 aliphatic rings. The Kier molecular flexibility index (Phi) is 4.34. The Labute approximate surface area is 98.8 Å². The van der Waals surface area contributed by atoms with Crippen LogP contribution in [0.15, 0.2) is 24.8 Å². The molecule has 0 aromatic heterocycles. The van der Waals surface area contributed by atoms with Gasteiger partial charge in [0.2, 0.25) is 0 Å². The van der Waals surface area contributed by atoms with Crippen LogP contribution in [0.2, 0.25) is 0 Å². The topological polar surface area (TPSA) is 3.24 Å². The molecule has 0 bridgehead atoms. The van der Waals surface area contributed by atoms with Gasteiger partial charge in [0.1, 0.15) is 0 Å². The van der Waals surface area contributed by atoms with Crippen molar-refractivity contribution in [1.29, 1.82) is 0 Å². The smallest absolute Gasteiger partial charge is 0.0599 e. The Morgan fingerprint density at radius 2 is 2.06 bits per heavy atom. The summed E-state index contributed by atoms with van der Waals surface area (Å²) in [5.74, 6) is 2.63. The molecule has 16 heavy (non-hydrogen) atoms. The van der Waals surface area contributed by atoms with Gasteiger partial charge in [-0.25, -0.2) is 0 Å². The molecule has 1 aromatic rings. The van der Waals surface area contributed by atoms with Crippen molar-refractivity contribution in [1.82, 2.24) is 4.90 Å². The summed E-state index contributed by atoms with van der Waals surface area (Å²) in [5.41, 5.74) is 4.93. The molecule has 0 heterocycles. The van der Waals surface area contributed by atoms with Gasteiger partial charge in [-0.1, -0.05) is 30.7 Å². The van der Waals surface area contributed by atoms with Gasteiger partial charge in [-0.2, -0.15) is 0 Å². The van der Waals surface area contributed by atoms with Crippen molar-refractivity contribution < 1.29 is 0 Å². The number of nitrogens with zero attached hydrogens (tertiary/aromatic N) is 1. The highest BCUT2D eigenvalue weighted by atomic mass is 15.1. The van der Waals surface area contributed by atoms with E-state index in [1.165, 1.54) is 16.7 Å². The second kappa shape index (κ2) is 5.53. The molecule has 0 N–H and O–H groups in total. The molecule has 0 aliphatic carbocycles. The molecule has 0 fully saturated rings. The number of hydrogen-bond acceptors (Lipinski definition) is 1. The number of likely N-dealkylation sites (N-methyl/N-ethyl adjacent to an activating group) is 1. The van der Waals surface area contributed by atoms with E-state index in [0.29, 0.717) is 6.54 Å². The Hall–Kier alpha value is -1.52. The summed E-state index contributed by atoms with van der Waals surface area (Å²) < 4.78 is 0. The zero-order valence-corrected chi connectivity index (χ0v) is 10.4. The summed E-state index contributed by atoms with van der Waals surface area (Å²) in [7, 11) is 2.01.